The van der Waals surface area contributed by atoms with Crippen molar-refractivity contribution in [2.24, 2.45) is 0 Å². The molecule has 7 nitrogen and oxygen atoms in total. The van der Waals surface area contributed by atoms with Gasteiger partial charge in [0.1, 0.15) is 22.7 Å². The normalized spacial score (nSPS) is 11.3. The van der Waals surface area contributed by atoms with Crippen LogP contribution in [0.5, 0.6) is 5.75 Å². The smallest absolute Gasteiger partial charge is 0.335 e. The fourth-order valence-corrected chi connectivity index (χ4v) is 4.91. The molecule has 39 heavy (non-hydrogen) atoms. The van der Waals surface area contributed by atoms with E-state index in [1.54, 1.807) is 37.4 Å². The van der Waals surface area contributed by atoms with Crippen molar-refractivity contribution in [1.29, 1.82) is 5.26 Å². The van der Waals surface area contributed by atoms with Gasteiger partial charge < -0.3 is 15.2 Å². The van der Waals surface area contributed by atoms with Crippen LogP contribution in [-0.4, -0.2) is 34.3 Å². The molecule has 2 N–H and O–H groups in total. The highest BCUT2D eigenvalue weighted by atomic mass is 32.2. The van der Waals surface area contributed by atoms with Crippen molar-refractivity contribution in [3.63, 3.8) is 0 Å². The highest BCUT2D eigenvalue weighted by Crippen LogP contribution is 2.37. The Balaban J connectivity index is 1.73. The van der Waals surface area contributed by atoms with E-state index in [2.05, 4.69) is 11.4 Å². The van der Waals surface area contributed by atoms with Crippen molar-refractivity contribution in [3.05, 3.63) is 95.8 Å². The van der Waals surface area contributed by atoms with Gasteiger partial charge in [0, 0.05) is 16.8 Å². The Morgan fingerprint density at radius 3 is 2.38 bits per heavy atom. The minimum absolute atomic E-state index is 0.109. The molecule has 0 spiro atoms. The van der Waals surface area contributed by atoms with Crippen molar-refractivity contribution in [1.82, 2.24) is 4.98 Å². The summed E-state index contributed by atoms with van der Waals surface area (Å²) in [5.41, 5.74) is 3.12. The Morgan fingerprint density at radius 1 is 1.08 bits per heavy atom. The lowest BCUT2D eigenvalue weighted by Crippen LogP contribution is -2.25. The summed E-state index contributed by atoms with van der Waals surface area (Å²) in [5.74, 6) is -1.14. The van der Waals surface area contributed by atoms with Crippen LogP contribution >= 0.6 is 11.8 Å². The van der Waals surface area contributed by atoms with Gasteiger partial charge in [0.2, 0.25) is 5.91 Å². The summed E-state index contributed by atoms with van der Waals surface area (Å²) in [6.45, 7) is 1.84. The fourth-order valence-electron chi connectivity index (χ4n) is 3.88. The second-order valence-electron chi connectivity index (χ2n) is 8.47. The number of benzene rings is 3. The van der Waals surface area contributed by atoms with Crippen LogP contribution in [-0.2, 0) is 4.79 Å². The van der Waals surface area contributed by atoms with Crippen LogP contribution in [0.15, 0.2) is 83.9 Å². The van der Waals surface area contributed by atoms with Crippen LogP contribution in [0, 0.1) is 17.1 Å². The lowest BCUT2D eigenvalue weighted by atomic mass is 9.99. The number of aromatic carboxylic acids is 1. The second kappa shape index (κ2) is 12.2. The Hall–Kier alpha value is -4.68. The van der Waals surface area contributed by atoms with Gasteiger partial charge in [-0.25, -0.2) is 14.2 Å². The Bertz CT molecular complexity index is 1550. The van der Waals surface area contributed by atoms with Crippen molar-refractivity contribution in [3.8, 4) is 34.2 Å². The zero-order valence-electron chi connectivity index (χ0n) is 21.1. The number of carbonyl (C=O) groups is 2. The van der Waals surface area contributed by atoms with Crippen molar-refractivity contribution in [2.75, 3.05) is 12.4 Å². The quantitative estimate of drug-likeness (QED) is 0.228. The summed E-state index contributed by atoms with van der Waals surface area (Å²) in [5, 5.41) is 21.8. The standard InChI is InChI=1S/C30H24FN3O4S/c1-3-27(28(35)33-22-11-7-19(8-12-22)30(36)37)39-29-25(17-32)24(20-5-4-6-21(31)15-20)16-26(34-29)18-9-13-23(38-2)14-10-18/h4-16,27H,3H2,1-2H3,(H,33,35)(H,36,37). The zero-order chi connectivity index (χ0) is 27.9. The lowest BCUT2D eigenvalue weighted by Gasteiger charge is -2.18. The summed E-state index contributed by atoms with van der Waals surface area (Å²) in [4.78, 5) is 29.0. The first-order valence-electron chi connectivity index (χ1n) is 12.0. The molecule has 0 radical (unpaired) electrons. The van der Waals surface area contributed by atoms with Gasteiger partial charge in [-0.1, -0.05) is 30.8 Å². The summed E-state index contributed by atoms with van der Waals surface area (Å²) >= 11 is 1.15. The molecule has 0 aliphatic rings. The number of aromatic nitrogens is 1. The van der Waals surface area contributed by atoms with Gasteiger partial charge in [-0.3, -0.25) is 4.79 Å². The van der Waals surface area contributed by atoms with E-state index in [-0.39, 0.29) is 17.0 Å². The summed E-state index contributed by atoms with van der Waals surface area (Å²) < 4.78 is 19.4. The molecule has 0 fully saturated rings. The number of nitrogens with one attached hydrogen (secondary N) is 1. The number of pyridine rings is 1. The highest BCUT2D eigenvalue weighted by Gasteiger charge is 2.24. The molecule has 0 saturated heterocycles. The number of hydrogen-bond acceptors (Lipinski definition) is 6. The maximum atomic E-state index is 14.1. The summed E-state index contributed by atoms with van der Waals surface area (Å²) in [7, 11) is 1.57. The molecule has 0 aliphatic heterocycles. The minimum Gasteiger partial charge on any atom is -0.497 e. The van der Waals surface area contributed by atoms with E-state index in [1.807, 2.05) is 19.1 Å². The molecule has 1 aromatic heterocycles. The Kier molecular flexibility index (Phi) is 8.59. The van der Waals surface area contributed by atoms with Crippen LogP contribution in [0.3, 0.4) is 0 Å². The molecule has 3 aromatic carbocycles. The number of nitrogens with zero attached hydrogens (tertiary/aromatic N) is 2. The molecule has 9 heteroatoms. The largest absolute Gasteiger partial charge is 0.497 e. The van der Waals surface area contributed by atoms with E-state index in [9.17, 15) is 19.2 Å². The number of carboxylic acids is 1. The first-order valence-corrected chi connectivity index (χ1v) is 12.9. The van der Waals surface area contributed by atoms with E-state index in [0.29, 0.717) is 39.7 Å². The molecule has 0 bridgehead atoms. The number of thioether (sulfide) groups is 1. The van der Waals surface area contributed by atoms with Crippen LogP contribution in [0.4, 0.5) is 10.1 Å². The SMILES string of the molecule is CCC(Sc1nc(-c2ccc(OC)cc2)cc(-c2cccc(F)c2)c1C#N)C(=O)Nc1ccc(C(=O)O)cc1. The van der Waals surface area contributed by atoms with E-state index < -0.39 is 17.0 Å². The molecule has 4 aromatic rings. The van der Waals surface area contributed by atoms with Crippen LogP contribution in [0.1, 0.15) is 29.3 Å². The molecule has 1 atom stereocenters. The predicted octanol–water partition coefficient (Wildman–Crippen LogP) is 6.64. The maximum Gasteiger partial charge on any atom is 0.335 e. The third-order valence-electron chi connectivity index (χ3n) is 5.94. The van der Waals surface area contributed by atoms with Crippen LogP contribution in [0.2, 0.25) is 0 Å². The molecule has 1 heterocycles. The fraction of sp³-hybridized carbons (Fsp3) is 0.133. The van der Waals surface area contributed by atoms with E-state index >= 15 is 0 Å². The number of hydrogen-bond donors (Lipinski definition) is 2. The molecule has 196 valence electrons. The monoisotopic (exact) mass is 541 g/mol. The minimum atomic E-state index is -1.06. The second-order valence-corrected chi connectivity index (χ2v) is 9.66. The van der Waals surface area contributed by atoms with Crippen molar-refractivity contribution in [2.45, 2.75) is 23.6 Å². The predicted molar refractivity (Wildman–Crippen MR) is 148 cm³/mol. The number of rotatable bonds is 9. The van der Waals surface area contributed by atoms with Gasteiger partial charge in [-0.15, -0.1) is 0 Å². The Morgan fingerprint density at radius 2 is 1.79 bits per heavy atom. The van der Waals surface area contributed by atoms with E-state index in [4.69, 9.17) is 14.8 Å². The Labute approximate surface area is 229 Å². The van der Waals surface area contributed by atoms with Crippen molar-refractivity contribution >= 4 is 29.3 Å². The number of ether oxygens (including phenoxy) is 1. The van der Waals surface area contributed by atoms with Gasteiger partial charge in [-0.05, 0) is 78.7 Å². The molecule has 0 saturated carbocycles. The van der Waals surface area contributed by atoms with Gasteiger partial charge in [-0.2, -0.15) is 5.26 Å². The van der Waals surface area contributed by atoms with Gasteiger partial charge >= 0.3 is 5.97 Å². The molecule has 0 aliphatic carbocycles. The average molecular weight is 542 g/mol. The number of nitriles is 1. The number of anilines is 1. The average Bonchev–Trinajstić information content (AvgIpc) is 2.95. The number of methoxy groups -OCH3 is 1. The summed E-state index contributed by atoms with van der Waals surface area (Å²) in [6, 6.07) is 23.0. The van der Waals surface area contributed by atoms with Gasteiger partial charge in [0.05, 0.1) is 29.2 Å². The van der Waals surface area contributed by atoms with Gasteiger partial charge in [0.25, 0.3) is 0 Å². The van der Waals surface area contributed by atoms with Crippen molar-refractivity contribution < 1.29 is 23.8 Å². The van der Waals surface area contributed by atoms with Gasteiger partial charge in [0.15, 0.2) is 0 Å². The molecule has 1 amide bonds. The van der Waals surface area contributed by atoms with Crippen LogP contribution in [0.25, 0.3) is 22.4 Å². The lowest BCUT2D eigenvalue weighted by molar-refractivity contribution is -0.115. The molecule has 1 unspecified atom stereocenters. The maximum absolute atomic E-state index is 14.1. The third kappa shape index (κ3) is 6.43. The summed E-state index contributed by atoms with van der Waals surface area (Å²) in [6.07, 6.45) is 0.429. The van der Waals surface area contributed by atoms with E-state index in [0.717, 1.165) is 17.3 Å². The zero-order valence-corrected chi connectivity index (χ0v) is 22.0. The number of carbonyl (C=O) groups excluding carboxylic acids is 1. The third-order valence-corrected chi connectivity index (χ3v) is 7.29. The number of carboxylic acid groups (broad SMARTS) is 1. The van der Waals surface area contributed by atoms with Crippen LogP contribution < -0.4 is 10.1 Å². The molecular formula is C30H24FN3O4S. The molecule has 4 rings (SSSR count). The van der Waals surface area contributed by atoms with E-state index in [1.165, 1.54) is 36.4 Å². The first-order chi connectivity index (χ1) is 18.8. The highest BCUT2D eigenvalue weighted by molar-refractivity contribution is 8.00. The topological polar surface area (TPSA) is 112 Å². The number of amides is 1. The first kappa shape index (κ1) is 27.4. The molecular weight excluding hydrogens is 517 g/mol. The number of halogens is 1.